The summed E-state index contributed by atoms with van der Waals surface area (Å²) in [5.41, 5.74) is 12.3. The number of pyridine rings is 2. The van der Waals surface area contributed by atoms with E-state index in [9.17, 15) is 4.79 Å². The maximum atomic E-state index is 13.4. The van der Waals surface area contributed by atoms with Crippen molar-refractivity contribution >= 4 is 22.6 Å². The molecule has 1 amide bonds. The summed E-state index contributed by atoms with van der Waals surface area (Å²) in [5.74, 6) is 0.657. The number of nitrogens with two attached hydrogens (primary N) is 1. The zero-order chi connectivity index (χ0) is 22.2. The van der Waals surface area contributed by atoms with Crippen LogP contribution in [0.3, 0.4) is 0 Å². The van der Waals surface area contributed by atoms with Crippen LogP contribution in [0.2, 0.25) is 0 Å². The molecule has 162 valence electrons. The first-order chi connectivity index (χ1) is 15.5. The molecule has 4 heterocycles. The number of rotatable bonds is 3. The smallest absolute Gasteiger partial charge is 0.275 e. The number of hydrogen-bond donors (Lipinski definition) is 2. The van der Waals surface area contributed by atoms with E-state index in [2.05, 4.69) is 27.3 Å². The SMILES string of the molecule is Cc1ccc2[nH]nc(C(=O)N3CCC[C@@H](c4cc(-c5ccc(N)nc5)cc(C)n4)C3)c2c1. The lowest BCUT2D eigenvalue weighted by Crippen LogP contribution is -2.39. The van der Waals surface area contributed by atoms with Crippen LogP contribution >= 0.6 is 0 Å². The van der Waals surface area contributed by atoms with Crippen LogP contribution in [0.15, 0.2) is 48.7 Å². The van der Waals surface area contributed by atoms with Gasteiger partial charge in [-0.25, -0.2) is 4.98 Å². The highest BCUT2D eigenvalue weighted by molar-refractivity contribution is 6.04. The molecule has 3 N–H and O–H groups in total. The van der Waals surface area contributed by atoms with E-state index in [4.69, 9.17) is 10.7 Å². The van der Waals surface area contributed by atoms with Crippen LogP contribution < -0.4 is 5.73 Å². The second-order valence-electron chi connectivity index (χ2n) is 8.61. The minimum atomic E-state index is -0.0258. The van der Waals surface area contributed by atoms with E-state index in [0.29, 0.717) is 18.1 Å². The molecule has 3 aromatic heterocycles. The number of likely N-dealkylation sites (tertiary alicyclic amines) is 1. The van der Waals surface area contributed by atoms with Crippen molar-refractivity contribution in [3.8, 4) is 11.1 Å². The van der Waals surface area contributed by atoms with Gasteiger partial charge in [0.25, 0.3) is 5.91 Å². The van der Waals surface area contributed by atoms with Crippen molar-refractivity contribution in [2.24, 2.45) is 0 Å². The number of anilines is 1. The van der Waals surface area contributed by atoms with Crippen molar-refractivity contribution in [1.82, 2.24) is 25.1 Å². The standard InChI is InChI=1S/C25H26N6O/c1-15-5-7-21-20(10-15)24(30-29-21)25(32)31-9-3-4-18(14-31)22-12-19(11-16(2)28-22)17-6-8-23(26)27-13-17/h5-8,10-13,18H,3-4,9,14H2,1-2H3,(H2,26,27)(H,29,30)/t18-/m1/s1. The molecule has 0 saturated carbocycles. The number of nitrogens with zero attached hydrogens (tertiary/aromatic N) is 4. The number of carbonyl (C=O) groups is 1. The van der Waals surface area contributed by atoms with Crippen molar-refractivity contribution in [2.75, 3.05) is 18.8 Å². The number of benzene rings is 1. The summed E-state index contributed by atoms with van der Waals surface area (Å²) in [7, 11) is 0. The predicted octanol–water partition coefficient (Wildman–Crippen LogP) is 4.24. The zero-order valence-corrected chi connectivity index (χ0v) is 18.3. The molecule has 0 spiro atoms. The summed E-state index contributed by atoms with van der Waals surface area (Å²) in [6, 6.07) is 14.0. The van der Waals surface area contributed by atoms with Crippen molar-refractivity contribution in [1.29, 1.82) is 0 Å². The quantitative estimate of drug-likeness (QED) is 0.510. The van der Waals surface area contributed by atoms with Crippen molar-refractivity contribution in [2.45, 2.75) is 32.6 Å². The average molecular weight is 427 g/mol. The lowest BCUT2D eigenvalue weighted by atomic mass is 9.92. The lowest BCUT2D eigenvalue weighted by Gasteiger charge is -2.32. The third kappa shape index (κ3) is 3.82. The number of H-pyrrole nitrogens is 1. The van der Waals surface area contributed by atoms with Crippen LogP contribution in [0, 0.1) is 13.8 Å². The minimum Gasteiger partial charge on any atom is -0.384 e. The normalized spacial score (nSPS) is 16.4. The summed E-state index contributed by atoms with van der Waals surface area (Å²) in [4.78, 5) is 24.3. The molecule has 0 aliphatic carbocycles. The van der Waals surface area contributed by atoms with E-state index >= 15 is 0 Å². The number of fused-ring (bicyclic) bond motifs is 1. The molecule has 1 saturated heterocycles. The van der Waals surface area contributed by atoms with E-state index in [1.54, 1.807) is 6.20 Å². The summed E-state index contributed by atoms with van der Waals surface area (Å²) < 4.78 is 0. The molecular formula is C25H26N6O. The fourth-order valence-electron chi connectivity index (χ4n) is 4.49. The highest BCUT2D eigenvalue weighted by atomic mass is 16.2. The molecule has 4 aromatic rings. The Morgan fingerprint density at radius 2 is 2.00 bits per heavy atom. The topological polar surface area (TPSA) is 101 Å². The Labute approximate surface area is 186 Å². The van der Waals surface area contributed by atoms with Gasteiger partial charge in [0.05, 0.1) is 5.52 Å². The number of aryl methyl sites for hydroxylation is 2. The second-order valence-corrected chi connectivity index (χ2v) is 8.61. The van der Waals surface area contributed by atoms with Crippen LogP contribution in [0.1, 0.15) is 46.2 Å². The van der Waals surface area contributed by atoms with Gasteiger partial charge in [0.2, 0.25) is 0 Å². The molecule has 7 nitrogen and oxygen atoms in total. The lowest BCUT2D eigenvalue weighted by molar-refractivity contribution is 0.0702. The maximum Gasteiger partial charge on any atom is 0.275 e. The first-order valence-electron chi connectivity index (χ1n) is 10.9. The Hall–Kier alpha value is -3.74. The second kappa shape index (κ2) is 8.07. The minimum absolute atomic E-state index is 0.0258. The molecular weight excluding hydrogens is 400 g/mol. The largest absolute Gasteiger partial charge is 0.384 e. The predicted molar refractivity (Wildman–Crippen MR) is 125 cm³/mol. The van der Waals surface area contributed by atoms with Gasteiger partial charge in [-0.3, -0.25) is 14.9 Å². The Morgan fingerprint density at radius 3 is 2.81 bits per heavy atom. The molecule has 7 heteroatoms. The number of hydrogen-bond acceptors (Lipinski definition) is 5. The van der Waals surface area contributed by atoms with E-state index in [0.717, 1.165) is 58.4 Å². The van der Waals surface area contributed by atoms with Gasteiger partial charge in [-0.1, -0.05) is 11.6 Å². The Bertz CT molecular complexity index is 1290. The molecule has 0 unspecified atom stereocenters. The van der Waals surface area contributed by atoms with Crippen LogP contribution in [0.25, 0.3) is 22.0 Å². The number of aromatic nitrogens is 4. The van der Waals surface area contributed by atoms with Crippen LogP contribution in [-0.2, 0) is 0 Å². The van der Waals surface area contributed by atoms with Crippen molar-refractivity contribution in [3.63, 3.8) is 0 Å². The fourth-order valence-corrected chi connectivity index (χ4v) is 4.49. The molecule has 0 radical (unpaired) electrons. The fraction of sp³-hybridized carbons (Fsp3) is 0.280. The van der Waals surface area contributed by atoms with Gasteiger partial charge in [0.15, 0.2) is 5.69 Å². The van der Waals surface area contributed by atoms with Crippen LogP contribution in [0.4, 0.5) is 5.82 Å². The average Bonchev–Trinajstić information content (AvgIpc) is 3.21. The number of carbonyl (C=O) groups excluding carboxylic acids is 1. The van der Waals surface area contributed by atoms with E-state index in [-0.39, 0.29) is 11.8 Å². The number of nitrogens with one attached hydrogen (secondary N) is 1. The van der Waals surface area contributed by atoms with Crippen molar-refractivity contribution in [3.05, 3.63) is 71.3 Å². The summed E-state index contributed by atoms with van der Waals surface area (Å²) in [6.45, 7) is 5.39. The van der Waals surface area contributed by atoms with Gasteiger partial charge in [-0.05, 0) is 68.7 Å². The number of piperidine rings is 1. The highest BCUT2D eigenvalue weighted by Gasteiger charge is 2.29. The number of aromatic amines is 1. The van der Waals surface area contributed by atoms with Gasteiger partial charge >= 0.3 is 0 Å². The van der Waals surface area contributed by atoms with E-state index in [1.165, 1.54) is 0 Å². The first kappa shape index (κ1) is 20.2. The molecule has 0 bridgehead atoms. The molecule has 32 heavy (non-hydrogen) atoms. The maximum absolute atomic E-state index is 13.4. The molecule has 1 aliphatic heterocycles. The zero-order valence-electron chi connectivity index (χ0n) is 18.3. The highest BCUT2D eigenvalue weighted by Crippen LogP contribution is 2.31. The van der Waals surface area contributed by atoms with Gasteiger partial charge < -0.3 is 10.6 Å². The summed E-state index contributed by atoms with van der Waals surface area (Å²) >= 11 is 0. The molecule has 1 atom stereocenters. The molecule has 1 aliphatic rings. The first-order valence-corrected chi connectivity index (χ1v) is 10.9. The van der Waals surface area contributed by atoms with Gasteiger partial charge in [0.1, 0.15) is 5.82 Å². The Kier molecular flexibility index (Phi) is 5.09. The molecule has 1 fully saturated rings. The summed E-state index contributed by atoms with van der Waals surface area (Å²) in [5, 5.41) is 8.20. The molecule has 1 aromatic carbocycles. The third-order valence-corrected chi connectivity index (χ3v) is 6.14. The van der Waals surface area contributed by atoms with Gasteiger partial charge in [-0.2, -0.15) is 5.10 Å². The monoisotopic (exact) mass is 426 g/mol. The number of nitrogen functional groups attached to an aromatic ring is 1. The van der Waals surface area contributed by atoms with E-state index in [1.807, 2.05) is 49.1 Å². The summed E-state index contributed by atoms with van der Waals surface area (Å²) in [6.07, 6.45) is 3.72. The van der Waals surface area contributed by atoms with Gasteiger partial charge in [0, 0.05) is 47.5 Å². The number of amides is 1. The van der Waals surface area contributed by atoms with Crippen LogP contribution in [0.5, 0.6) is 0 Å². The van der Waals surface area contributed by atoms with Gasteiger partial charge in [-0.15, -0.1) is 0 Å². The van der Waals surface area contributed by atoms with Crippen molar-refractivity contribution < 1.29 is 4.79 Å². The van der Waals surface area contributed by atoms with Crippen LogP contribution in [-0.4, -0.2) is 44.1 Å². The Morgan fingerprint density at radius 1 is 1.12 bits per heavy atom. The Balaban J connectivity index is 1.42. The van der Waals surface area contributed by atoms with E-state index < -0.39 is 0 Å². The third-order valence-electron chi connectivity index (χ3n) is 6.14. The molecule has 5 rings (SSSR count).